The van der Waals surface area contributed by atoms with Crippen LogP contribution in [0, 0.1) is 0 Å². The van der Waals surface area contributed by atoms with Crippen molar-refractivity contribution in [3.8, 4) is 5.75 Å². The molecular weight excluding hydrogens is 306 g/mol. The number of benzene rings is 1. The molecule has 4 rings (SSSR count). The van der Waals surface area contributed by atoms with E-state index < -0.39 is 0 Å². The molecule has 2 aliphatic rings. The molecule has 2 aromatic rings. The first-order valence-corrected chi connectivity index (χ1v) is 7.53. The average Bonchev–Trinajstić information content (AvgIpc) is 3.04. The number of hydrogen-bond donors (Lipinski definition) is 1. The minimum atomic E-state index is -0.337. The van der Waals surface area contributed by atoms with Crippen LogP contribution in [0.15, 0.2) is 52.7 Å². The Labute approximate surface area is 138 Å². The van der Waals surface area contributed by atoms with Crippen LogP contribution in [0.2, 0.25) is 0 Å². The number of pyridine rings is 1. The highest BCUT2D eigenvalue weighted by Crippen LogP contribution is 2.35. The monoisotopic (exact) mass is 321 g/mol. The number of hydrogen-bond acceptors (Lipinski definition) is 6. The first kappa shape index (κ1) is 14.4. The first-order valence-electron chi connectivity index (χ1n) is 7.53. The number of ether oxygens (including phenoxy) is 1. The number of carbonyl (C=O) groups is 1. The third-order valence-corrected chi connectivity index (χ3v) is 3.93. The lowest BCUT2D eigenvalue weighted by Gasteiger charge is -2.21. The molecule has 1 atom stereocenters. The number of nitrogens with one attached hydrogen (secondary N) is 1. The van der Waals surface area contributed by atoms with Crippen LogP contribution in [0.4, 0.5) is 5.69 Å². The molecule has 0 saturated carbocycles. The van der Waals surface area contributed by atoms with Crippen molar-refractivity contribution in [2.24, 2.45) is 9.98 Å². The van der Waals surface area contributed by atoms with Gasteiger partial charge < -0.3 is 15.0 Å². The van der Waals surface area contributed by atoms with Gasteiger partial charge in [-0.1, -0.05) is 6.07 Å². The zero-order valence-corrected chi connectivity index (χ0v) is 13.0. The molecule has 1 unspecified atom stereocenters. The van der Waals surface area contributed by atoms with Crippen LogP contribution in [0.5, 0.6) is 5.75 Å². The topological polar surface area (TPSA) is 79.2 Å². The fourth-order valence-electron chi connectivity index (χ4n) is 2.80. The highest BCUT2D eigenvalue weighted by Gasteiger charge is 2.31. The predicted octanol–water partition coefficient (Wildman–Crippen LogP) is 1.58. The Balaban J connectivity index is 1.59. The summed E-state index contributed by atoms with van der Waals surface area (Å²) in [6, 6.07) is 9.17. The molecule has 0 aliphatic carbocycles. The van der Waals surface area contributed by atoms with E-state index in [2.05, 4.69) is 20.3 Å². The van der Waals surface area contributed by atoms with Gasteiger partial charge in [-0.2, -0.15) is 0 Å². The first-order chi connectivity index (χ1) is 11.8. The number of para-hydroxylation sites is 1. The molecule has 3 heterocycles. The van der Waals surface area contributed by atoms with Crippen LogP contribution in [-0.4, -0.2) is 47.8 Å². The molecule has 7 heteroatoms. The van der Waals surface area contributed by atoms with Crippen molar-refractivity contribution in [3.05, 3.63) is 53.9 Å². The van der Waals surface area contributed by atoms with Gasteiger partial charge in [-0.15, -0.1) is 0 Å². The van der Waals surface area contributed by atoms with E-state index in [1.54, 1.807) is 31.8 Å². The number of methoxy groups -OCH3 is 1. The normalized spacial score (nSPS) is 17.8. The minimum absolute atomic E-state index is 0.194. The van der Waals surface area contributed by atoms with Gasteiger partial charge in [-0.3, -0.25) is 9.78 Å². The van der Waals surface area contributed by atoms with Gasteiger partial charge in [0.2, 0.25) is 0 Å². The molecule has 0 fully saturated rings. The van der Waals surface area contributed by atoms with Gasteiger partial charge in [0, 0.05) is 18.0 Å². The zero-order chi connectivity index (χ0) is 16.5. The Morgan fingerprint density at radius 3 is 3.04 bits per heavy atom. The number of nitrogens with zero attached hydrogens (tertiary/aromatic N) is 4. The van der Waals surface area contributed by atoms with E-state index >= 15 is 0 Å². The van der Waals surface area contributed by atoms with Gasteiger partial charge >= 0.3 is 0 Å². The fraction of sp³-hybridized carbons (Fsp3) is 0.176. The molecule has 0 radical (unpaired) electrons. The van der Waals surface area contributed by atoms with Crippen molar-refractivity contribution < 1.29 is 9.53 Å². The molecule has 1 aromatic carbocycles. The fourth-order valence-corrected chi connectivity index (χ4v) is 2.80. The number of fused-ring (bicyclic) bond motifs is 3. The third kappa shape index (κ3) is 2.40. The maximum atomic E-state index is 12.3. The second-order valence-corrected chi connectivity index (χ2v) is 5.44. The van der Waals surface area contributed by atoms with Crippen molar-refractivity contribution in [3.63, 3.8) is 0 Å². The van der Waals surface area contributed by atoms with Crippen molar-refractivity contribution >= 4 is 23.8 Å². The Morgan fingerprint density at radius 1 is 1.33 bits per heavy atom. The summed E-state index contributed by atoms with van der Waals surface area (Å²) in [4.78, 5) is 27.2. The molecule has 0 spiro atoms. The van der Waals surface area contributed by atoms with Gasteiger partial charge in [0.1, 0.15) is 23.4 Å². The van der Waals surface area contributed by atoms with E-state index in [9.17, 15) is 4.79 Å². The maximum absolute atomic E-state index is 12.3. The number of carbonyl (C=O) groups excluding carboxylic acids is 1. The van der Waals surface area contributed by atoms with Crippen LogP contribution in [0.3, 0.4) is 0 Å². The smallest absolute Gasteiger partial charge is 0.254 e. The molecule has 1 aromatic heterocycles. The maximum Gasteiger partial charge on any atom is 0.254 e. The summed E-state index contributed by atoms with van der Waals surface area (Å²) in [5.41, 5.74) is 2.17. The Morgan fingerprint density at radius 2 is 2.25 bits per heavy atom. The lowest BCUT2D eigenvalue weighted by atomic mass is 10.1. The molecule has 120 valence electrons. The summed E-state index contributed by atoms with van der Waals surface area (Å²) < 4.78 is 5.35. The number of aliphatic imine (C=N–C) groups is 2. The van der Waals surface area contributed by atoms with Gasteiger partial charge in [0.25, 0.3) is 5.91 Å². The molecule has 24 heavy (non-hydrogen) atoms. The van der Waals surface area contributed by atoms with E-state index in [1.165, 1.54) is 6.20 Å². The largest absolute Gasteiger partial charge is 0.494 e. The summed E-state index contributed by atoms with van der Waals surface area (Å²) in [5, 5.41) is 2.91. The van der Waals surface area contributed by atoms with E-state index in [1.807, 2.05) is 23.1 Å². The van der Waals surface area contributed by atoms with E-state index in [0.717, 1.165) is 17.1 Å². The highest BCUT2D eigenvalue weighted by atomic mass is 16.5. The number of rotatable bonds is 3. The summed E-state index contributed by atoms with van der Waals surface area (Å²) in [7, 11) is 1.62. The molecule has 2 aliphatic heterocycles. The zero-order valence-electron chi connectivity index (χ0n) is 13.0. The summed E-state index contributed by atoms with van der Waals surface area (Å²) in [6.45, 7) is 0.543. The Hall–Kier alpha value is -3.22. The summed E-state index contributed by atoms with van der Waals surface area (Å²) in [5.74, 6) is 1.30. The van der Waals surface area contributed by atoms with Crippen LogP contribution >= 0.6 is 0 Å². The number of amides is 1. The molecule has 1 N–H and O–H groups in total. The van der Waals surface area contributed by atoms with Crippen LogP contribution in [0.25, 0.3) is 0 Å². The minimum Gasteiger partial charge on any atom is -0.494 e. The average molecular weight is 321 g/mol. The van der Waals surface area contributed by atoms with Crippen molar-refractivity contribution in [2.45, 2.75) is 6.17 Å². The SMILES string of the molecule is COc1cccc2c1N=CN1CC(NC(=O)c3cccnc3)N=C21. The van der Waals surface area contributed by atoms with Gasteiger partial charge in [-0.25, -0.2) is 9.98 Å². The second-order valence-electron chi connectivity index (χ2n) is 5.44. The Kier molecular flexibility index (Phi) is 3.45. The molecule has 0 saturated heterocycles. The van der Waals surface area contributed by atoms with Gasteiger partial charge in [0.05, 0.1) is 25.6 Å². The second kappa shape index (κ2) is 5.77. The highest BCUT2D eigenvalue weighted by molar-refractivity contribution is 6.12. The summed E-state index contributed by atoms with van der Waals surface area (Å²) >= 11 is 0. The molecule has 7 nitrogen and oxygen atoms in total. The third-order valence-electron chi connectivity index (χ3n) is 3.93. The van der Waals surface area contributed by atoms with Crippen LogP contribution < -0.4 is 10.1 Å². The predicted molar refractivity (Wildman–Crippen MR) is 89.9 cm³/mol. The van der Waals surface area contributed by atoms with Crippen molar-refractivity contribution in [1.82, 2.24) is 15.2 Å². The van der Waals surface area contributed by atoms with Crippen molar-refractivity contribution in [2.75, 3.05) is 13.7 Å². The van der Waals surface area contributed by atoms with Gasteiger partial charge in [0.15, 0.2) is 0 Å². The standard InChI is InChI=1S/C17H15N5O2/c1-24-13-6-2-5-12-15(13)19-10-22-9-14(20-16(12)22)21-17(23)11-4-3-7-18-8-11/h2-8,10,14H,9H2,1H3,(H,21,23). The van der Waals surface area contributed by atoms with E-state index in [0.29, 0.717) is 17.9 Å². The van der Waals surface area contributed by atoms with Crippen LogP contribution in [0.1, 0.15) is 15.9 Å². The van der Waals surface area contributed by atoms with Crippen molar-refractivity contribution in [1.29, 1.82) is 0 Å². The molecule has 1 amide bonds. The lowest BCUT2D eigenvalue weighted by molar-refractivity contribution is 0.0938. The number of aromatic nitrogens is 1. The van der Waals surface area contributed by atoms with Gasteiger partial charge in [-0.05, 0) is 24.3 Å². The van der Waals surface area contributed by atoms with E-state index in [-0.39, 0.29) is 12.1 Å². The molecule has 0 bridgehead atoms. The Bertz CT molecular complexity index is 847. The summed E-state index contributed by atoms with van der Waals surface area (Å²) in [6.07, 6.45) is 4.55. The molecular formula is C17H15N5O2. The lowest BCUT2D eigenvalue weighted by Crippen LogP contribution is -2.38. The quantitative estimate of drug-likeness (QED) is 0.931. The number of amidine groups is 1. The van der Waals surface area contributed by atoms with E-state index in [4.69, 9.17) is 4.74 Å². The van der Waals surface area contributed by atoms with Crippen LogP contribution in [-0.2, 0) is 0 Å².